The molecule has 1 spiro atoms. The van der Waals surface area contributed by atoms with Crippen LogP contribution in [0.5, 0.6) is 5.88 Å². The number of carbonyl (C=O) groups is 1. The molecule has 160 valence electrons. The monoisotopic (exact) mass is 411 g/mol. The topological polar surface area (TPSA) is 88.4 Å². The number of rotatable bonds is 7. The summed E-state index contributed by atoms with van der Waals surface area (Å²) in [5.74, 6) is 1.54. The molecule has 1 amide bonds. The van der Waals surface area contributed by atoms with E-state index in [0.29, 0.717) is 36.5 Å². The maximum atomic E-state index is 13.0. The molecule has 3 fully saturated rings. The van der Waals surface area contributed by atoms with Crippen LogP contribution in [0, 0.1) is 5.92 Å². The highest BCUT2D eigenvalue weighted by Crippen LogP contribution is 2.44. The first-order valence-corrected chi connectivity index (χ1v) is 10.8. The van der Waals surface area contributed by atoms with E-state index in [9.17, 15) is 4.79 Å². The number of pyridine rings is 1. The number of hydrogen-bond acceptors (Lipinski definition) is 7. The molecule has 4 aliphatic rings. The Hall–Kier alpha value is -2.48. The van der Waals surface area contributed by atoms with E-state index in [1.807, 2.05) is 26.8 Å². The molecule has 0 radical (unpaired) electrons. The summed E-state index contributed by atoms with van der Waals surface area (Å²) < 4.78 is 11.6. The van der Waals surface area contributed by atoms with Gasteiger partial charge in [0, 0.05) is 12.3 Å². The Labute approximate surface area is 176 Å². The van der Waals surface area contributed by atoms with Gasteiger partial charge in [0.1, 0.15) is 17.2 Å². The second-order valence-corrected chi connectivity index (χ2v) is 9.46. The van der Waals surface area contributed by atoms with E-state index in [2.05, 4.69) is 25.2 Å². The van der Waals surface area contributed by atoms with Gasteiger partial charge in [0.05, 0.1) is 37.4 Å². The summed E-state index contributed by atoms with van der Waals surface area (Å²) in [5.41, 5.74) is 1.67. The number of anilines is 1. The molecule has 1 saturated carbocycles. The highest BCUT2D eigenvalue weighted by Gasteiger charge is 2.51. The largest absolute Gasteiger partial charge is 0.476 e. The van der Waals surface area contributed by atoms with Gasteiger partial charge in [-0.05, 0) is 58.1 Å². The number of nitrogens with zero attached hydrogens (tertiary/aromatic N) is 4. The van der Waals surface area contributed by atoms with Crippen molar-refractivity contribution in [3.8, 4) is 5.88 Å². The third kappa shape index (κ3) is 3.47. The SMILES string of the molecule is CC1=NC(C(C)(C)NC(=O)c2ccc(N3CCC34COC4)c(OCC3CC3)n2)=NC1. The third-order valence-corrected chi connectivity index (χ3v) is 6.37. The summed E-state index contributed by atoms with van der Waals surface area (Å²) in [7, 11) is 0. The zero-order valence-electron chi connectivity index (χ0n) is 17.9. The van der Waals surface area contributed by atoms with E-state index in [0.717, 1.165) is 37.6 Å². The van der Waals surface area contributed by atoms with Crippen molar-refractivity contribution in [3.05, 3.63) is 17.8 Å². The number of nitrogens with one attached hydrogen (secondary N) is 1. The molecular formula is C22H29N5O3. The van der Waals surface area contributed by atoms with Gasteiger partial charge in [-0.15, -0.1) is 0 Å². The second-order valence-electron chi connectivity index (χ2n) is 9.46. The summed E-state index contributed by atoms with van der Waals surface area (Å²) in [6.07, 6.45) is 3.52. The lowest BCUT2D eigenvalue weighted by Crippen LogP contribution is -2.71. The molecule has 30 heavy (non-hydrogen) atoms. The van der Waals surface area contributed by atoms with Crippen molar-refractivity contribution in [1.82, 2.24) is 10.3 Å². The van der Waals surface area contributed by atoms with Crippen molar-refractivity contribution in [2.45, 2.75) is 51.1 Å². The predicted molar refractivity (Wildman–Crippen MR) is 115 cm³/mol. The van der Waals surface area contributed by atoms with Crippen molar-refractivity contribution >= 4 is 23.1 Å². The van der Waals surface area contributed by atoms with Crippen LogP contribution in [0.2, 0.25) is 0 Å². The number of aliphatic imine (C=N–C) groups is 2. The fraction of sp³-hybridized carbons (Fsp3) is 0.636. The fourth-order valence-corrected chi connectivity index (χ4v) is 4.09. The Bertz CT molecular complexity index is 925. The third-order valence-electron chi connectivity index (χ3n) is 6.37. The molecule has 0 bridgehead atoms. The van der Waals surface area contributed by atoms with Crippen molar-refractivity contribution in [3.63, 3.8) is 0 Å². The van der Waals surface area contributed by atoms with Gasteiger partial charge in [-0.3, -0.25) is 9.79 Å². The molecule has 5 rings (SSSR count). The molecule has 1 N–H and O–H groups in total. The normalized spacial score (nSPS) is 22.2. The van der Waals surface area contributed by atoms with Crippen molar-refractivity contribution < 1.29 is 14.3 Å². The van der Waals surface area contributed by atoms with Crippen LogP contribution in [0.15, 0.2) is 22.1 Å². The number of ether oxygens (including phenoxy) is 2. The van der Waals surface area contributed by atoms with Crippen LogP contribution in [-0.2, 0) is 4.74 Å². The van der Waals surface area contributed by atoms with Crippen LogP contribution >= 0.6 is 0 Å². The molecule has 8 heteroatoms. The maximum Gasteiger partial charge on any atom is 0.270 e. The molecule has 0 aromatic carbocycles. The van der Waals surface area contributed by atoms with E-state index in [-0.39, 0.29) is 11.4 Å². The van der Waals surface area contributed by atoms with Gasteiger partial charge in [-0.25, -0.2) is 9.98 Å². The molecule has 8 nitrogen and oxygen atoms in total. The van der Waals surface area contributed by atoms with Crippen molar-refractivity contribution in [1.29, 1.82) is 0 Å². The van der Waals surface area contributed by atoms with Crippen molar-refractivity contribution in [2.75, 3.05) is 37.8 Å². The van der Waals surface area contributed by atoms with Gasteiger partial charge in [0.25, 0.3) is 5.91 Å². The van der Waals surface area contributed by atoms with Crippen LogP contribution in [0.3, 0.4) is 0 Å². The zero-order valence-corrected chi connectivity index (χ0v) is 17.9. The smallest absolute Gasteiger partial charge is 0.270 e. The molecule has 4 heterocycles. The van der Waals surface area contributed by atoms with Gasteiger partial charge < -0.3 is 19.7 Å². The van der Waals surface area contributed by atoms with E-state index >= 15 is 0 Å². The first-order chi connectivity index (χ1) is 14.4. The summed E-state index contributed by atoms with van der Waals surface area (Å²) in [6.45, 7) is 9.44. The highest BCUT2D eigenvalue weighted by atomic mass is 16.5. The molecule has 2 saturated heterocycles. The lowest BCUT2D eigenvalue weighted by molar-refractivity contribution is -0.0849. The lowest BCUT2D eigenvalue weighted by Gasteiger charge is -2.58. The minimum atomic E-state index is -0.672. The zero-order chi connectivity index (χ0) is 20.9. The average Bonchev–Trinajstić information content (AvgIpc) is 3.36. The molecule has 0 unspecified atom stereocenters. The van der Waals surface area contributed by atoms with E-state index < -0.39 is 5.54 Å². The number of amides is 1. The Kier molecular flexibility index (Phi) is 4.57. The van der Waals surface area contributed by atoms with Crippen LogP contribution in [0.25, 0.3) is 0 Å². The second kappa shape index (κ2) is 7.04. The van der Waals surface area contributed by atoms with Gasteiger partial charge in [0.2, 0.25) is 5.88 Å². The van der Waals surface area contributed by atoms with Gasteiger partial charge in [-0.1, -0.05) is 0 Å². The van der Waals surface area contributed by atoms with Crippen LogP contribution < -0.4 is 15.0 Å². The number of hydrogen-bond donors (Lipinski definition) is 1. The van der Waals surface area contributed by atoms with E-state index in [1.54, 1.807) is 6.07 Å². The van der Waals surface area contributed by atoms with Gasteiger partial charge in [0.15, 0.2) is 0 Å². The Morgan fingerprint density at radius 2 is 2.17 bits per heavy atom. The molecular weight excluding hydrogens is 382 g/mol. The van der Waals surface area contributed by atoms with Crippen molar-refractivity contribution in [2.24, 2.45) is 15.9 Å². The molecule has 0 atom stereocenters. The van der Waals surface area contributed by atoms with Gasteiger partial charge in [-0.2, -0.15) is 0 Å². The van der Waals surface area contributed by atoms with E-state index in [4.69, 9.17) is 9.47 Å². The highest BCUT2D eigenvalue weighted by molar-refractivity contribution is 6.08. The lowest BCUT2D eigenvalue weighted by atomic mass is 9.82. The van der Waals surface area contributed by atoms with Crippen LogP contribution in [0.4, 0.5) is 5.69 Å². The number of carbonyl (C=O) groups excluding carboxylic acids is 1. The fourth-order valence-electron chi connectivity index (χ4n) is 4.09. The Morgan fingerprint density at radius 1 is 1.37 bits per heavy atom. The predicted octanol–water partition coefficient (Wildman–Crippen LogP) is 2.23. The minimum Gasteiger partial charge on any atom is -0.476 e. The summed E-state index contributed by atoms with van der Waals surface area (Å²) in [5, 5.41) is 3.03. The summed E-state index contributed by atoms with van der Waals surface area (Å²) >= 11 is 0. The summed E-state index contributed by atoms with van der Waals surface area (Å²) in [6, 6.07) is 3.74. The molecule has 1 aliphatic carbocycles. The van der Waals surface area contributed by atoms with Crippen LogP contribution in [-0.4, -0.2) is 66.4 Å². The maximum absolute atomic E-state index is 13.0. The minimum absolute atomic E-state index is 0.0849. The Balaban J connectivity index is 1.37. The summed E-state index contributed by atoms with van der Waals surface area (Å²) in [4.78, 5) is 28.8. The average molecular weight is 412 g/mol. The standard InChI is InChI=1S/C22H29N5O3/c1-14-10-23-20(24-14)21(2,3)26-18(28)16-6-7-17(19(25-16)30-11-15-4-5-15)27-9-8-22(27)12-29-13-22/h6-7,15H,4-5,8-13H2,1-3H3,(H,26,28). The Morgan fingerprint density at radius 3 is 2.73 bits per heavy atom. The first-order valence-electron chi connectivity index (χ1n) is 10.8. The molecule has 1 aromatic rings. The number of aromatic nitrogens is 1. The quantitative estimate of drug-likeness (QED) is 0.743. The number of amidine groups is 1. The molecule has 3 aliphatic heterocycles. The van der Waals surface area contributed by atoms with Gasteiger partial charge >= 0.3 is 0 Å². The van der Waals surface area contributed by atoms with Crippen LogP contribution in [0.1, 0.15) is 50.5 Å². The van der Waals surface area contributed by atoms with E-state index in [1.165, 1.54) is 12.8 Å². The molecule has 1 aromatic heterocycles. The first kappa shape index (κ1) is 19.5.